The molecule has 128 valence electrons. The minimum atomic E-state index is 0.163. The van der Waals surface area contributed by atoms with E-state index < -0.39 is 0 Å². The van der Waals surface area contributed by atoms with Crippen LogP contribution in [0, 0.1) is 0 Å². The normalized spacial score (nSPS) is 10.3. The van der Waals surface area contributed by atoms with E-state index in [-0.39, 0.29) is 5.91 Å². The fourth-order valence-corrected chi connectivity index (χ4v) is 2.57. The van der Waals surface area contributed by atoms with Crippen molar-refractivity contribution in [2.75, 3.05) is 20.8 Å². The van der Waals surface area contributed by atoms with Crippen LogP contribution in [-0.4, -0.2) is 31.6 Å². The quantitative estimate of drug-likeness (QED) is 0.742. The van der Waals surface area contributed by atoms with E-state index in [0.29, 0.717) is 19.5 Å². The van der Waals surface area contributed by atoms with Crippen molar-refractivity contribution in [2.45, 2.75) is 26.3 Å². The van der Waals surface area contributed by atoms with Crippen molar-refractivity contribution < 1.29 is 14.3 Å². The molecule has 0 N–H and O–H groups in total. The molecule has 2 aromatic carbocycles. The lowest BCUT2D eigenvalue weighted by Crippen LogP contribution is -2.30. The lowest BCUT2D eigenvalue weighted by Gasteiger charge is -2.21. The van der Waals surface area contributed by atoms with Gasteiger partial charge < -0.3 is 14.4 Å². The number of benzene rings is 2. The summed E-state index contributed by atoms with van der Waals surface area (Å²) in [6.07, 6.45) is 1.21. The van der Waals surface area contributed by atoms with Gasteiger partial charge in [0, 0.05) is 19.5 Å². The first-order valence-electron chi connectivity index (χ1n) is 8.20. The first-order valence-corrected chi connectivity index (χ1v) is 8.20. The number of nitrogens with zero attached hydrogens (tertiary/aromatic N) is 1. The standard InChI is InChI=1S/C20H25NO3/c1-4-21(15-17-8-11-18(23-2)12-9-17)20(22)13-10-16-6-5-7-19(14-16)24-3/h5-9,11-12,14H,4,10,13,15H2,1-3H3. The molecular formula is C20H25NO3. The van der Waals surface area contributed by atoms with Crippen LogP contribution in [-0.2, 0) is 17.8 Å². The zero-order valence-electron chi connectivity index (χ0n) is 14.6. The molecule has 0 bridgehead atoms. The highest BCUT2D eigenvalue weighted by Crippen LogP contribution is 2.16. The SMILES string of the molecule is CCN(Cc1ccc(OC)cc1)C(=O)CCc1cccc(OC)c1. The monoisotopic (exact) mass is 327 g/mol. The predicted molar refractivity (Wildman–Crippen MR) is 95.4 cm³/mol. The molecule has 0 aliphatic carbocycles. The van der Waals surface area contributed by atoms with Gasteiger partial charge in [0.15, 0.2) is 0 Å². The number of aryl methyl sites for hydroxylation is 1. The zero-order chi connectivity index (χ0) is 17.4. The Labute approximate surface area is 144 Å². The first-order chi connectivity index (χ1) is 11.7. The second-order valence-corrected chi connectivity index (χ2v) is 5.61. The molecule has 2 aromatic rings. The van der Waals surface area contributed by atoms with Gasteiger partial charge in [0.05, 0.1) is 14.2 Å². The number of methoxy groups -OCH3 is 2. The van der Waals surface area contributed by atoms with Crippen LogP contribution >= 0.6 is 0 Å². The number of hydrogen-bond donors (Lipinski definition) is 0. The molecule has 4 nitrogen and oxygen atoms in total. The largest absolute Gasteiger partial charge is 0.497 e. The average molecular weight is 327 g/mol. The lowest BCUT2D eigenvalue weighted by atomic mass is 10.1. The van der Waals surface area contributed by atoms with Crippen molar-refractivity contribution in [3.05, 3.63) is 59.7 Å². The van der Waals surface area contributed by atoms with Crippen molar-refractivity contribution in [3.63, 3.8) is 0 Å². The maximum absolute atomic E-state index is 12.5. The second-order valence-electron chi connectivity index (χ2n) is 5.61. The Bertz CT molecular complexity index is 652. The molecule has 0 saturated heterocycles. The average Bonchev–Trinajstić information content (AvgIpc) is 2.64. The summed E-state index contributed by atoms with van der Waals surface area (Å²) >= 11 is 0. The number of amides is 1. The molecule has 0 aliphatic rings. The van der Waals surface area contributed by atoms with E-state index in [9.17, 15) is 4.79 Å². The van der Waals surface area contributed by atoms with E-state index in [1.165, 1.54) is 0 Å². The highest BCUT2D eigenvalue weighted by molar-refractivity contribution is 5.76. The lowest BCUT2D eigenvalue weighted by molar-refractivity contribution is -0.131. The maximum Gasteiger partial charge on any atom is 0.223 e. The molecule has 0 spiro atoms. The molecule has 0 atom stereocenters. The van der Waals surface area contributed by atoms with Crippen LogP contribution in [0.25, 0.3) is 0 Å². The summed E-state index contributed by atoms with van der Waals surface area (Å²) < 4.78 is 10.4. The number of carbonyl (C=O) groups is 1. The van der Waals surface area contributed by atoms with Crippen molar-refractivity contribution >= 4 is 5.91 Å². The molecule has 0 radical (unpaired) electrons. The van der Waals surface area contributed by atoms with Crippen molar-refractivity contribution in [1.82, 2.24) is 4.90 Å². The van der Waals surface area contributed by atoms with Gasteiger partial charge in [-0.25, -0.2) is 0 Å². The van der Waals surface area contributed by atoms with Gasteiger partial charge in [-0.15, -0.1) is 0 Å². The van der Waals surface area contributed by atoms with Gasteiger partial charge in [0.2, 0.25) is 5.91 Å². The third-order valence-corrected chi connectivity index (χ3v) is 4.03. The topological polar surface area (TPSA) is 38.8 Å². The minimum Gasteiger partial charge on any atom is -0.497 e. The number of rotatable bonds is 8. The summed E-state index contributed by atoms with van der Waals surface area (Å²) in [7, 11) is 3.30. The Morgan fingerprint density at radius 1 is 0.958 bits per heavy atom. The van der Waals surface area contributed by atoms with Crippen molar-refractivity contribution in [2.24, 2.45) is 0 Å². The number of carbonyl (C=O) groups excluding carboxylic acids is 1. The van der Waals surface area contributed by atoms with Gasteiger partial charge in [-0.1, -0.05) is 24.3 Å². The maximum atomic E-state index is 12.5. The molecule has 1 amide bonds. The van der Waals surface area contributed by atoms with Crippen LogP contribution < -0.4 is 9.47 Å². The molecule has 0 saturated carbocycles. The van der Waals surface area contributed by atoms with Crippen molar-refractivity contribution in [3.8, 4) is 11.5 Å². The smallest absolute Gasteiger partial charge is 0.223 e. The van der Waals surface area contributed by atoms with Gasteiger partial charge >= 0.3 is 0 Å². The van der Waals surface area contributed by atoms with E-state index in [4.69, 9.17) is 9.47 Å². The van der Waals surface area contributed by atoms with Crippen molar-refractivity contribution in [1.29, 1.82) is 0 Å². The van der Waals surface area contributed by atoms with Crippen LogP contribution in [0.2, 0.25) is 0 Å². The molecule has 0 fully saturated rings. The van der Waals surface area contributed by atoms with Crippen LogP contribution in [0.3, 0.4) is 0 Å². The summed E-state index contributed by atoms with van der Waals surface area (Å²) in [6.45, 7) is 3.33. The molecule has 0 unspecified atom stereocenters. The fourth-order valence-electron chi connectivity index (χ4n) is 2.57. The third-order valence-electron chi connectivity index (χ3n) is 4.03. The summed E-state index contributed by atoms with van der Waals surface area (Å²) in [5.41, 5.74) is 2.22. The van der Waals surface area contributed by atoms with Crippen LogP contribution in [0.1, 0.15) is 24.5 Å². The van der Waals surface area contributed by atoms with Gasteiger partial charge in [-0.05, 0) is 48.7 Å². The molecule has 24 heavy (non-hydrogen) atoms. The van der Waals surface area contributed by atoms with Gasteiger partial charge in [0.1, 0.15) is 11.5 Å². The van der Waals surface area contributed by atoms with E-state index >= 15 is 0 Å². The molecule has 0 aliphatic heterocycles. The Morgan fingerprint density at radius 3 is 2.29 bits per heavy atom. The number of ether oxygens (including phenoxy) is 2. The Hall–Kier alpha value is -2.49. The third kappa shape index (κ3) is 5.01. The fraction of sp³-hybridized carbons (Fsp3) is 0.350. The Balaban J connectivity index is 1.92. The van der Waals surface area contributed by atoms with Crippen LogP contribution in [0.5, 0.6) is 11.5 Å². The Morgan fingerprint density at radius 2 is 1.67 bits per heavy atom. The van der Waals surface area contributed by atoms with Crippen LogP contribution in [0.15, 0.2) is 48.5 Å². The highest BCUT2D eigenvalue weighted by Gasteiger charge is 2.12. The van der Waals surface area contributed by atoms with Crippen LogP contribution in [0.4, 0.5) is 0 Å². The molecular weight excluding hydrogens is 302 g/mol. The summed E-state index contributed by atoms with van der Waals surface area (Å²) in [4.78, 5) is 14.4. The number of hydrogen-bond acceptors (Lipinski definition) is 3. The van der Waals surface area contributed by atoms with E-state index in [1.54, 1.807) is 14.2 Å². The van der Waals surface area contributed by atoms with E-state index in [0.717, 1.165) is 29.0 Å². The first kappa shape index (κ1) is 17.9. The van der Waals surface area contributed by atoms with Gasteiger partial charge in [-0.2, -0.15) is 0 Å². The van der Waals surface area contributed by atoms with E-state index in [1.807, 2.05) is 60.4 Å². The second kappa shape index (κ2) is 8.96. The summed E-state index contributed by atoms with van der Waals surface area (Å²) in [6, 6.07) is 15.7. The predicted octanol–water partition coefficient (Wildman–Crippen LogP) is 3.69. The molecule has 0 heterocycles. The van der Waals surface area contributed by atoms with Gasteiger partial charge in [0.25, 0.3) is 0 Å². The highest BCUT2D eigenvalue weighted by atomic mass is 16.5. The molecule has 2 rings (SSSR count). The zero-order valence-corrected chi connectivity index (χ0v) is 14.6. The minimum absolute atomic E-state index is 0.163. The molecule has 0 aromatic heterocycles. The van der Waals surface area contributed by atoms with Gasteiger partial charge in [-0.3, -0.25) is 4.79 Å². The van der Waals surface area contributed by atoms with E-state index in [2.05, 4.69) is 0 Å². The Kier molecular flexibility index (Phi) is 6.67. The molecule has 4 heteroatoms. The summed E-state index contributed by atoms with van der Waals surface area (Å²) in [5, 5.41) is 0. The summed E-state index contributed by atoms with van der Waals surface area (Å²) in [5.74, 6) is 1.81.